The molecule has 4 aromatic heterocycles. The van der Waals surface area contributed by atoms with E-state index >= 15 is 0 Å². The van der Waals surface area contributed by atoms with E-state index in [0.29, 0.717) is 28.1 Å². The average molecular weight is 323 g/mol. The quantitative estimate of drug-likeness (QED) is 0.573. The molecule has 4 rings (SSSR count). The molecule has 4 aromatic rings. The molecule has 0 saturated heterocycles. The van der Waals surface area contributed by atoms with Crippen molar-refractivity contribution in [3.05, 3.63) is 60.0 Å². The number of hydrogen-bond donors (Lipinski definition) is 1. The largest absolute Gasteiger partial charge is 0.384 e. The van der Waals surface area contributed by atoms with Crippen LogP contribution in [0.4, 0.5) is 5.82 Å². The molecule has 23 heavy (non-hydrogen) atoms. The zero-order valence-corrected chi connectivity index (χ0v) is 12.6. The summed E-state index contributed by atoms with van der Waals surface area (Å²) >= 11 is 5.83. The molecule has 4 heterocycles. The Balaban J connectivity index is 1.86. The van der Waals surface area contributed by atoms with Gasteiger partial charge in [0, 0.05) is 18.0 Å². The highest BCUT2D eigenvalue weighted by Crippen LogP contribution is 2.25. The predicted molar refractivity (Wildman–Crippen MR) is 88.9 cm³/mol. The molecular formula is C16H11ClN6. The molecule has 0 bridgehead atoms. The van der Waals surface area contributed by atoms with Crippen molar-refractivity contribution < 1.29 is 0 Å². The molecule has 112 valence electrons. The van der Waals surface area contributed by atoms with Crippen LogP contribution in [0.15, 0.2) is 54.9 Å². The molecule has 0 unspecified atom stereocenters. The number of nitrogens with zero attached hydrogens (tertiary/aromatic N) is 5. The van der Waals surface area contributed by atoms with E-state index in [0.717, 1.165) is 11.1 Å². The van der Waals surface area contributed by atoms with E-state index in [4.69, 9.17) is 17.3 Å². The first-order chi connectivity index (χ1) is 11.2. The molecule has 0 aliphatic heterocycles. The summed E-state index contributed by atoms with van der Waals surface area (Å²) in [4.78, 5) is 12.9. The minimum Gasteiger partial charge on any atom is -0.384 e. The number of anilines is 1. The lowest BCUT2D eigenvalue weighted by Gasteiger charge is -2.04. The van der Waals surface area contributed by atoms with Crippen LogP contribution in [0, 0.1) is 0 Å². The Morgan fingerprint density at radius 3 is 2.65 bits per heavy atom. The first kappa shape index (κ1) is 13.7. The molecule has 0 aromatic carbocycles. The van der Waals surface area contributed by atoms with Crippen molar-refractivity contribution in [1.29, 1.82) is 0 Å². The lowest BCUT2D eigenvalue weighted by molar-refractivity contribution is 0.974. The van der Waals surface area contributed by atoms with Crippen LogP contribution in [0.1, 0.15) is 0 Å². The van der Waals surface area contributed by atoms with Crippen molar-refractivity contribution in [2.24, 2.45) is 0 Å². The van der Waals surface area contributed by atoms with Crippen LogP contribution in [-0.4, -0.2) is 24.6 Å². The molecule has 0 fully saturated rings. The molecule has 0 spiro atoms. The minimum atomic E-state index is 0.447. The number of pyridine rings is 3. The molecule has 0 saturated carbocycles. The number of aromatic nitrogens is 5. The van der Waals surface area contributed by atoms with Gasteiger partial charge in [-0.2, -0.15) is 4.52 Å². The summed E-state index contributed by atoms with van der Waals surface area (Å²) in [5.74, 6) is 1.02. The summed E-state index contributed by atoms with van der Waals surface area (Å²) in [7, 11) is 0. The van der Waals surface area contributed by atoms with Crippen LogP contribution < -0.4 is 5.73 Å². The predicted octanol–water partition coefficient (Wildman–Crippen LogP) is 3.09. The smallest absolute Gasteiger partial charge is 0.200 e. The zero-order valence-electron chi connectivity index (χ0n) is 11.9. The lowest BCUT2D eigenvalue weighted by Crippen LogP contribution is -1.99. The molecule has 0 aliphatic carbocycles. The van der Waals surface area contributed by atoms with Gasteiger partial charge in [-0.05, 0) is 42.0 Å². The second kappa shape index (κ2) is 5.33. The van der Waals surface area contributed by atoms with Gasteiger partial charge in [-0.15, -0.1) is 5.10 Å². The van der Waals surface area contributed by atoms with Crippen molar-refractivity contribution in [3.63, 3.8) is 0 Å². The third-order valence-electron chi connectivity index (χ3n) is 3.42. The Morgan fingerprint density at radius 2 is 1.91 bits per heavy atom. The van der Waals surface area contributed by atoms with Crippen LogP contribution in [0.3, 0.4) is 0 Å². The third kappa shape index (κ3) is 2.49. The highest BCUT2D eigenvalue weighted by atomic mass is 35.5. The summed E-state index contributed by atoms with van der Waals surface area (Å²) in [6, 6.07) is 12.9. The Hall–Kier alpha value is -2.99. The molecule has 6 nitrogen and oxygen atoms in total. The second-order valence-corrected chi connectivity index (χ2v) is 5.35. The molecule has 0 radical (unpaired) electrons. The maximum absolute atomic E-state index is 6.11. The maximum Gasteiger partial charge on any atom is 0.200 e. The van der Waals surface area contributed by atoms with E-state index in [1.165, 1.54) is 0 Å². The fourth-order valence-electron chi connectivity index (χ4n) is 2.33. The first-order valence-electron chi connectivity index (χ1n) is 6.90. The van der Waals surface area contributed by atoms with Crippen molar-refractivity contribution in [2.75, 3.05) is 5.73 Å². The van der Waals surface area contributed by atoms with Gasteiger partial charge in [0.05, 0.1) is 0 Å². The van der Waals surface area contributed by atoms with Crippen molar-refractivity contribution >= 4 is 23.1 Å². The lowest BCUT2D eigenvalue weighted by atomic mass is 10.1. The number of hydrogen-bond acceptors (Lipinski definition) is 5. The average Bonchev–Trinajstić information content (AvgIpc) is 3.01. The number of rotatable bonds is 2. The summed E-state index contributed by atoms with van der Waals surface area (Å²) in [6.45, 7) is 0. The number of fused-ring (bicyclic) bond motifs is 1. The van der Waals surface area contributed by atoms with Crippen molar-refractivity contribution in [1.82, 2.24) is 24.6 Å². The van der Waals surface area contributed by atoms with Gasteiger partial charge in [-0.3, -0.25) is 4.98 Å². The Bertz CT molecular complexity index is 979. The monoisotopic (exact) mass is 322 g/mol. The topological polar surface area (TPSA) is 82.0 Å². The first-order valence-corrected chi connectivity index (χ1v) is 7.28. The molecule has 2 N–H and O–H groups in total. The van der Waals surface area contributed by atoms with Crippen LogP contribution in [-0.2, 0) is 0 Å². The van der Waals surface area contributed by atoms with E-state index in [1.807, 2.05) is 36.4 Å². The summed E-state index contributed by atoms with van der Waals surface area (Å²) in [6.07, 6.45) is 3.40. The number of halogens is 1. The molecule has 0 atom stereocenters. The zero-order chi connectivity index (χ0) is 15.8. The summed E-state index contributed by atoms with van der Waals surface area (Å²) in [5.41, 5.74) is 9.27. The van der Waals surface area contributed by atoms with Gasteiger partial charge >= 0.3 is 0 Å². The van der Waals surface area contributed by atoms with E-state index in [2.05, 4.69) is 20.1 Å². The number of nitrogen functional groups attached to an aromatic ring is 1. The van der Waals surface area contributed by atoms with Gasteiger partial charge in [0.2, 0.25) is 5.82 Å². The van der Waals surface area contributed by atoms with Gasteiger partial charge < -0.3 is 5.73 Å². The fourth-order valence-corrected chi connectivity index (χ4v) is 2.44. The SMILES string of the molecule is Nc1cc(-c2ccc(Cl)nc2)cc2nc(-c3ccccn3)nn12. The van der Waals surface area contributed by atoms with E-state index < -0.39 is 0 Å². The minimum absolute atomic E-state index is 0.447. The highest BCUT2D eigenvalue weighted by Gasteiger charge is 2.11. The van der Waals surface area contributed by atoms with E-state index in [-0.39, 0.29) is 0 Å². The highest BCUT2D eigenvalue weighted by molar-refractivity contribution is 6.29. The fraction of sp³-hybridized carbons (Fsp3) is 0. The van der Waals surface area contributed by atoms with Gasteiger partial charge in [-0.25, -0.2) is 9.97 Å². The Labute approximate surface area is 136 Å². The normalized spacial score (nSPS) is 11.0. The van der Waals surface area contributed by atoms with Crippen LogP contribution >= 0.6 is 11.6 Å². The van der Waals surface area contributed by atoms with Crippen LogP contribution in [0.5, 0.6) is 0 Å². The molecule has 0 aliphatic rings. The maximum atomic E-state index is 6.11. The molecule has 0 amide bonds. The standard InChI is InChI=1S/C16H11ClN6/c17-13-5-4-10(9-20-13)11-7-14(18)23-15(8-11)21-16(22-23)12-3-1-2-6-19-12/h1-9H,18H2. The van der Waals surface area contributed by atoms with E-state index in [1.54, 1.807) is 23.0 Å². The van der Waals surface area contributed by atoms with Gasteiger partial charge in [0.1, 0.15) is 16.7 Å². The van der Waals surface area contributed by atoms with Gasteiger partial charge in [0.15, 0.2) is 5.65 Å². The molecular weight excluding hydrogens is 312 g/mol. The summed E-state index contributed by atoms with van der Waals surface area (Å²) in [5, 5.41) is 4.86. The van der Waals surface area contributed by atoms with Crippen LogP contribution in [0.25, 0.3) is 28.3 Å². The Kier molecular flexibility index (Phi) is 3.17. The number of nitrogens with two attached hydrogens (primary N) is 1. The van der Waals surface area contributed by atoms with Crippen LogP contribution in [0.2, 0.25) is 5.15 Å². The van der Waals surface area contributed by atoms with Crippen molar-refractivity contribution in [2.45, 2.75) is 0 Å². The van der Waals surface area contributed by atoms with E-state index in [9.17, 15) is 0 Å². The van der Waals surface area contributed by atoms with Gasteiger partial charge in [0.25, 0.3) is 0 Å². The van der Waals surface area contributed by atoms with Crippen molar-refractivity contribution in [3.8, 4) is 22.6 Å². The second-order valence-electron chi connectivity index (χ2n) is 4.96. The third-order valence-corrected chi connectivity index (χ3v) is 3.64. The molecule has 7 heteroatoms. The Morgan fingerprint density at radius 1 is 1.00 bits per heavy atom. The summed E-state index contributed by atoms with van der Waals surface area (Å²) < 4.78 is 1.59. The van der Waals surface area contributed by atoms with Gasteiger partial charge in [-0.1, -0.05) is 17.7 Å².